The standard InChI is InChI=1S/C18H16O/c19-18-8-4-7-16-13-15(11-12-17(16)18)10-9-14-5-2-1-3-6-14/h1-3,5-6,11-13,18-19H,4,7-8H2. The molecular weight excluding hydrogens is 232 g/mol. The topological polar surface area (TPSA) is 20.2 Å². The lowest BCUT2D eigenvalue weighted by Gasteiger charge is -2.21. The molecule has 0 aliphatic heterocycles. The van der Waals surface area contributed by atoms with Crippen molar-refractivity contribution in [3.05, 3.63) is 70.8 Å². The molecule has 94 valence electrons. The Morgan fingerprint density at radius 1 is 0.947 bits per heavy atom. The first kappa shape index (κ1) is 12.0. The van der Waals surface area contributed by atoms with Crippen molar-refractivity contribution < 1.29 is 5.11 Å². The van der Waals surface area contributed by atoms with E-state index in [0.29, 0.717) is 0 Å². The van der Waals surface area contributed by atoms with E-state index in [4.69, 9.17) is 0 Å². The molecule has 0 amide bonds. The zero-order valence-corrected chi connectivity index (χ0v) is 10.8. The molecule has 1 N–H and O–H groups in total. The number of aliphatic hydroxyl groups is 1. The molecule has 19 heavy (non-hydrogen) atoms. The summed E-state index contributed by atoms with van der Waals surface area (Å²) in [6.07, 6.45) is 2.69. The fourth-order valence-electron chi connectivity index (χ4n) is 2.53. The van der Waals surface area contributed by atoms with Gasteiger partial charge in [-0.2, -0.15) is 0 Å². The largest absolute Gasteiger partial charge is 0.388 e. The number of hydrogen-bond acceptors (Lipinski definition) is 1. The van der Waals surface area contributed by atoms with Gasteiger partial charge in [0, 0.05) is 11.1 Å². The minimum Gasteiger partial charge on any atom is -0.388 e. The molecule has 1 nitrogen and oxygen atoms in total. The van der Waals surface area contributed by atoms with Crippen LogP contribution in [-0.4, -0.2) is 5.11 Å². The summed E-state index contributed by atoms with van der Waals surface area (Å²) < 4.78 is 0. The van der Waals surface area contributed by atoms with Gasteiger partial charge in [0.1, 0.15) is 0 Å². The fraction of sp³-hybridized carbons (Fsp3) is 0.222. The Kier molecular flexibility index (Phi) is 3.35. The molecule has 3 rings (SSSR count). The number of aryl methyl sites for hydroxylation is 1. The van der Waals surface area contributed by atoms with Crippen molar-refractivity contribution in [2.24, 2.45) is 0 Å². The second-order valence-corrected chi connectivity index (χ2v) is 4.94. The highest BCUT2D eigenvalue weighted by atomic mass is 16.3. The molecule has 2 aromatic rings. The van der Waals surface area contributed by atoms with E-state index in [1.54, 1.807) is 0 Å². The molecular formula is C18H16O. The van der Waals surface area contributed by atoms with E-state index >= 15 is 0 Å². The number of rotatable bonds is 0. The molecule has 1 atom stereocenters. The molecule has 1 aliphatic rings. The minimum absolute atomic E-state index is 0.292. The first-order valence-electron chi connectivity index (χ1n) is 6.71. The quantitative estimate of drug-likeness (QED) is 0.708. The predicted molar refractivity (Wildman–Crippen MR) is 76.8 cm³/mol. The van der Waals surface area contributed by atoms with Gasteiger partial charge in [0.2, 0.25) is 0 Å². The van der Waals surface area contributed by atoms with Crippen LogP contribution in [0.15, 0.2) is 48.5 Å². The number of hydrogen-bond donors (Lipinski definition) is 1. The van der Waals surface area contributed by atoms with Crippen molar-refractivity contribution in [1.29, 1.82) is 0 Å². The molecule has 0 bridgehead atoms. The maximum atomic E-state index is 9.92. The van der Waals surface area contributed by atoms with Gasteiger partial charge in [-0.1, -0.05) is 36.1 Å². The van der Waals surface area contributed by atoms with E-state index in [1.807, 2.05) is 42.5 Å². The first-order chi connectivity index (χ1) is 9.33. The Morgan fingerprint density at radius 3 is 2.58 bits per heavy atom. The Morgan fingerprint density at radius 2 is 1.74 bits per heavy atom. The maximum absolute atomic E-state index is 9.92. The lowest BCUT2D eigenvalue weighted by molar-refractivity contribution is 0.156. The average Bonchev–Trinajstić information content (AvgIpc) is 2.46. The molecule has 0 spiro atoms. The summed E-state index contributed by atoms with van der Waals surface area (Å²) in [6, 6.07) is 16.1. The van der Waals surface area contributed by atoms with Crippen molar-refractivity contribution >= 4 is 0 Å². The van der Waals surface area contributed by atoms with Crippen LogP contribution in [0.2, 0.25) is 0 Å². The molecule has 0 aromatic heterocycles. The molecule has 1 unspecified atom stereocenters. The van der Waals surface area contributed by atoms with Crippen molar-refractivity contribution in [3.8, 4) is 11.8 Å². The lowest BCUT2D eigenvalue weighted by atomic mass is 9.88. The zero-order valence-electron chi connectivity index (χ0n) is 10.8. The first-order valence-corrected chi connectivity index (χ1v) is 6.71. The summed E-state index contributed by atoms with van der Waals surface area (Å²) in [5.41, 5.74) is 4.38. The van der Waals surface area contributed by atoms with Gasteiger partial charge >= 0.3 is 0 Å². The van der Waals surface area contributed by atoms with E-state index in [9.17, 15) is 5.11 Å². The highest BCUT2D eigenvalue weighted by Gasteiger charge is 2.17. The number of aliphatic hydroxyl groups excluding tert-OH is 1. The molecule has 2 aromatic carbocycles. The molecule has 0 saturated heterocycles. The summed E-state index contributed by atoms with van der Waals surface area (Å²) in [7, 11) is 0. The van der Waals surface area contributed by atoms with Gasteiger partial charge in [-0.3, -0.25) is 0 Å². The Bertz CT molecular complexity index is 632. The van der Waals surface area contributed by atoms with Gasteiger partial charge in [-0.25, -0.2) is 0 Å². The molecule has 0 saturated carbocycles. The third kappa shape index (κ3) is 2.70. The van der Waals surface area contributed by atoms with Crippen molar-refractivity contribution in [2.45, 2.75) is 25.4 Å². The van der Waals surface area contributed by atoms with Gasteiger partial charge in [0.15, 0.2) is 0 Å². The summed E-state index contributed by atoms with van der Waals surface area (Å²) in [5, 5.41) is 9.92. The minimum atomic E-state index is -0.292. The fourth-order valence-corrected chi connectivity index (χ4v) is 2.53. The maximum Gasteiger partial charge on any atom is 0.0792 e. The predicted octanol–water partition coefficient (Wildman–Crippen LogP) is 3.46. The van der Waals surface area contributed by atoms with Crippen LogP contribution >= 0.6 is 0 Å². The van der Waals surface area contributed by atoms with E-state index < -0.39 is 0 Å². The van der Waals surface area contributed by atoms with Crippen LogP contribution in [0.3, 0.4) is 0 Å². The third-order valence-corrected chi connectivity index (χ3v) is 3.55. The van der Waals surface area contributed by atoms with E-state index in [0.717, 1.165) is 36.0 Å². The van der Waals surface area contributed by atoms with Gasteiger partial charge in [-0.05, 0) is 54.7 Å². The van der Waals surface area contributed by atoms with Crippen molar-refractivity contribution in [1.82, 2.24) is 0 Å². The van der Waals surface area contributed by atoms with Crippen LogP contribution in [0.1, 0.15) is 41.2 Å². The molecule has 1 heteroatoms. The van der Waals surface area contributed by atoms with E-state index in [2.05, 4.69) is 17.9 Å². The van der Waals surface area contributed by atoms with Crippen molar-refractivity contribution in [2.75, 3.05) is 0 Å². The average molecular weight is 248 g/mol. The Balaban J connectivity index is 1.89. The smallest absolute Gasteiger partial charge is 0.0792 e. The monoisotopic (exact) mass is 248 g/mol. The van der Waals surface area contributed by atoms with Crippen LogP contribution in [0.5, 0.6) is 0 Å². The van der Waals surface area contributed by atoms with Gasteiger partial charge in [0.05, 0.1) is 6.10 Å². The number of fused-ring (bicyclic) bond motifs is 1. The van der Waals surface area contributed by atoms with Crippen LogP contribution in [0, 0.1) is 11.8 Å². The van der Waals surface area contributed by atoms with Gasteiger partial charge < -0.3 is 5.11 Å². The lowest BCUT2D eigenvalue weighted by Crippen LogP contribution is -2.09. The molecule has 0 fully saturated rings. The van der Waals surface area contributed by atoms with E-state index in [1.165, 1.54) is 5.56 Å². The van der Waals surface area contributed by atoms with Gasteiger partial charge in [0.25, 0.3) is 0 Å². The highest BCUT2D eigenvalue weighted by Crippen LogP contribution is 2.29. The second-order valence-electron chi connectivity index (χ2n) is 4.94. The molecule has 0 heterocycles. The Hall–Kier alpha value is -2.04. The highest BCUT2D eigenvalue weighted by molar-refractivity contribution is 5.46. The van der Waals surface area contributed by atoms with Crippen LogP contribution < -0.4 is 0 Å². The summed E-state index contributed by atoms with van der Waals surface area (Å²) in [6.45, 7) is 0. The third-order valence-electron chi connectivity index (χ3n) is 3.55. The zero-order chi connectivity index (χ0) is 13.1. The van der Waals surface area contributed by atoms with Crippen molar-refractivity contribution in [3.63, 3.8) is 0 Å². The Labute approximate surface area is 113 Å². The van der Waals surface area contributed by atoms with Gasteiger partial charge in [-0.15, -0.1) is 0 Å². The second kappa shape index (κ2) is 5.30. The SMILES string of the molecule is OC1CCCc2cc(C#Cc3ccccc3)ccc21. The summed E-state index contributed by atoms with van der Waals surface area (Å²) in [5.74, 6) is 6.36. The normalized spacial score (nSPS) is 17.2. The van der Waals surface area contributed by atoms with Crippen LogP contribution in [0.25, 0.3) is 0 Å². The van der Waals surface area contributed by atoms with Crippen LogP contribution in [0.4, 0.5) is 0 Å². The summed E-state index contributed by atoms with van der Waals surface area (Å²) in [4.78, 5) is 0. The molecule has 0 radical (unpaired) electrons. The summed E-state index contributed by atoms with van der Waals surface area (Å²) >= 11 is 0. The molecule has 1 aliphatic carbocycles. The van der Waals surface area contributed by atoms with E-state index in [-0.39, 0.29) is 6.10 Å². The number of benzene rings is 2. The van der Waals surface area contributed by atoms with Crippen LogP contribution in [-0.2, 0) is 6.42 Å².